The molecule has 2 heterocycles. The molecule has 1 aromatic heterocycles. The van der Waals surface area contributed by atoms with Crippen LogP contribution in [0, 0.1) is 0 Å². The summed E-state index contributed by atoms with van der Waals surface area (Å²) < 4.78 is 11.1. The van der Waals surface area contributed by atoms with Crippen LogP contribution in [0.1, 0.15) is 48.9 Å². The van der Waals surface area contributed by atoms with Crippen LogP contribution < -0.4 is 10.1 Å². The molecule has 2 aliphatic rings. The van der Waals surface area contributed by atoms with Gasteiger partial charge in [0, 0.05) is 31.1 Å². The fraction of sp³-hybridized carbons (Fsp3) is 0.625. The maximum absolute atomic E-state index is 12.1. The van der Waals surface area contributed by atoms with Crippen molar-refractivity contribution in [2.24, 2.45) is 0 Å². The Morgan fingerprint density at radius 1 is 1.19 bits per heavy atom. The molecule has 1 saturated carbocycles. The first kappa shape index (κ1) is 14.3. The molecule has 114 valence electrons. The number of nitrogens with one attached hydrogen (secondary N) is 1. The predicted molar refractivity (Wildman–Crippen MR) is 78.4 cm³/mol. The lowest BCUT2D eigenvalue weighted by molar-refractivity contribution is 0.0237. The highest BCUT2D eigenvalue weighted by atomic mass is 16.5. The first-order chi connectivity index (χ1) is 10.3. The van der Waals surface area contributed by atoms with E-state index in [1.807, 2.05) is 0 Å². The zero-order valence-corrected chi connectivity index (χ0v) is 12.2. The zero-order valence-electron chi connectivity index (χ0n) is 12.2. The lowest BCUT2D eigenvalue weighted by Crippen LogP contribution is -2.32. The Morgan fingerprint density at radius 3 is 2.62 bits per heavy atom. The quantitative estimate of drug-likeness (QED) is 0.924. The van der Waals surface area contributed by atoms with Crippen molar-refractivity contribution in [1.29, 1.82) is 0 Å². The Kier molecular flexibility index (Phi) is 4.70. The number of hydrogen-bond acceptors (Lipinski definition) is 4. The van der Waals surface area contributed by atoms with Crippen molar-refractivity contribution in [1.82, 2.24) is 10.3 Å². The number of hydrogen-bond donors (Lipinski definition) is 1. The minimum absolute atomic E-state index is 0.0352. The van der Waals surface area contributed by atoms with Gasteiger partial charge in [-0.15, -0.1) is 0 Å². The molecule has 1 aliphatic heterocycles. The minimum atomic E-state index is -0.0352. The predicted octanol–water partition coefficient (Wildman–Crippen LogP) is 2.31. The van der Waals surface area contributed by atoms with Gasteiger partial charge in [-0.2, -0.15) is 0 Å². The normalized spacial score (nSPS) is 20.4. The third kappa shape index (κ3) is 3.94. The third-order valence-corrected chi connectivity index (χ3v) is 4.14. The van der Waals surface area contributed by atoms with Crippen molar-refractivity contribution in [3.05, 3.63) is 23.9 Å². The van der Waals surface area contributed by atoms with Gasteiger partial charge in [-0.1, -0.05) is 12.8 Å². The van der Waals surface area contributed by atoms with Crippen molar-refractivity contribution in [2.75, 3.05) is 13.2 Å². The van der Waals surface area contributed by atoms with Gasteiger partial charge in [-0.3, -0.25) is 4.79 Å². The molecule has 3 rings (SSSR count). The van der Waals surface area contributed by atoms with Crippen molar-refractivity contribution in [2.45, 2.75) is 50.7 Å². The molecule has 0 aromatic carbocycles. The van der Waals surface area contributed by atoms with Gasteiger partial charge in [0.2, 0.25) is 5.88 Å². The van der Waals surface area contributed by atoms with Gasteiger partial charge in [-0.05, 0) is 18.9 Å². The Morgan fingerprint density at radius 2 is 1.95 bits per heavy atom. The SMILES string of the molecule is O=C(NC1CCCC1)c1ccc(OC2CCOCC2)nc1. The molecular formula is C16H22N2O3. The van der Waals surface area contributed by atoms with Gasteiger partial charge in [0.15, 0.2) is 0 Å². The van der Waals surface area contributed by atoms with Gasteiger partial charge in [0.25, 0.3) is 5.91 Å². The maximum Gasteiger partial charge on any atom is 0.253 e. The van der Waals surface area contributed by atoms with E-state index in [1.54, 1.807) is 18.3 Å². The number of carbonyl (C=O) groups is 1. The number of carbonyl (C=O) groups excluding carboxylic acids is 1. The molecule has 1 saturated heterocycles. The lowest BCUT2D eigenvalue weighted by atomic mass is 10.1. The molecular weight excluding hydrogens is 268 g/mol. The minimum Gasteiger partial charge on any atom is -0.474 e. The molecule has 2 fully saturated rings. The monoisotopic (exact) mass is 290 g/mol. The molecule has 5 heteroatoms. The molecule has 1 amide bonds. The fourth-order valence-corrected chi connectivity index (χ4v) is 2.89. The van der Waals surface area contributed by atoms with E-state index in [2.05, 4.69) is 10.3 Å². The zero-order chi connectivity index (χ0) is 14.5. The van der Waals surface area contributed by atoms with Crippen LogP contribution in [0.25, 0.3) is 0 Å². The van der Waals surface area contributed by atoms with Crippen LogP contribution >= 0.6 is 0 Å². The van der Waals surface area contributed by atoms with Crippen LogP contribution in [0.5, 0.6) is 5.88 Å². The molecule has 0 radical (unpaired) electrons. The largest absolute Gasteiger partial charge is 0.474 e. The number of ether oxygens (including phenoxy) is 2. The van der Waals surface area contributed by atoms with E-state index in [0.717, 1.165) is 38.9 Å². The van der Waals surface area contributed by atoms with E-state index in [9.17, 15) is 4.79 Å². The number of aromatic nitrogens is 1. The van der Waals surface area contributed by atoms with E-state index < -0.39 is 0 Å². The summed E-state index contributed by atoms with van der Waals surface area (Å²) in [7, 11) is 0. The summed E-state index contributed by atoms with van der Waals surface area (Å²) in [6.07, 6.45) is 8.15. The number of amides is 1. The molecule has 21 heavy (non-hydrogen) atoms. The third-order valence-electron chi connectivity index (χ3n) is 4.14. The van der Waals surface area contributed by atoms with Crippen molar-refractivity contribution in [3.8, 4) is 5.88 Å². The fourth-order valence-electron chi connectivity index (χ4n) is 2.89. The van der Waals surface area contributed by atoms with Crippen LogP contribution in [0.3, 0.4) is 0 Å². The molecule has 1 N–H and O–H groups in total. The number of rotatable bonds is 4. The average molecular weight is 290 g/mol. The highest BCUT2D eigenvalue weighted by Gasteiger charge is 2.19. The second-order valence-corrected chi connectivity index (χ2v) is 5.77. The van der Waals surface area contributed by atoms with Crippen molar-refractivity contribution in [3.63, 3.8) is 0 Å². The molecule has 1 aromatic rings. The average Bonchev–Trinajstić information content (AvgIpc) is 3.02. The first-order valence-corrected chi connectivity index (χ1v) is 7.82. The van der Waals surface area contributed by atoms with E-state index >= 15 is 0 Å². The number of nitrogens with zero attached hydrogens (tertiary/aromatic N) is 1. The van der Waals surface area contributed by atoms with Gasteiger partial charge in [-0.25, -0.2) is 4.98 Å². The Balaban J connectivity index is 1.54. The molecule has 0 spiro atoms. The second-order valence-electron chi connectivity index (χ2n) is 5.77. The molecule has 0 bridgehead atoms. The van der Waals surface area contributed by atoms with Gasteiger partial charge in [0.1, 0.15) is 6.10 Å². The van der Waals surface area contributed by atoms with Crippen LogP contribution in [-0.2, 0) is 4.74 Å². The van der Waals surface area contributed by atoms with Crippen LogP contribution in [0.2, 0.25) is 0 Å². The van der Waals surface area contributed by atoms with Crippen LogP contribution in [0.4, 0.5) is 0 Å². The summed E-state index contributed by atoms with van der Waals surface area (Å²) in [5.74, 6) is 0.548. The van der Waals surface area contributed by atoms with E-state index in [0.29, 0.717) is 17.5 Å². The van der Waals surface area contributed by atoms with Crippen LogP contribution in [-0.4, -0.2) is 36.3 Å². The molecule has 0 atom stereocenters. The summed E-state index contributed by atoms with van der Waals surface area (Å²) in [5.41, 5.74) is 0.598. The van der Waals surface area contributed by atoms with Crippen molar-refractivity contribution >= 4 is 5.91 Å². The standard InChI is InChI=1S/C16H22N2O3/c19-16(18-13-3-1-2-4-13)12-5-6-15(17-11-12)21-14-7-9-20-10-8-14/h5-6,11,13-14H,1-4,7-10H2,(H,18,19). The van der Waals surface area contributed by atoms with Gasteiger partial charge in [0.05, 0.1) is 18.8 Å². The summed E-state index contributed by atoms with van der Waals surface area (Å²) in [5, 5.41) is 3.06. The Labute approximate surface area is 125 Å². The van der Waals surface area contributed by atoms with Crippen molar-refractivity contribution < 1.29 is 14.3 Å². The first-order valence-electron chi connectivity index (χ1n) is 7.82. The van der Waals surface area contributed by atoms with E-state index in [1.165, 1.54) is 12.8 Å². The summed E-state index contributed by atoms with van der Waals surface area (Å²) in [4.78, 5) is 16.3. The summed E-state index contributed by atoms with van der Waals surface area (Å²) in [6.45, 7) is 1.49. The summed E-state index contributed by atoms with van der Waals surface area (Å²) in [6, 6.07) is 3.89. The van der Waals surface area contributed by atoms with Gasteiger partial charge < -0.3 is 14.8 Å². The highest BCUT2D eigenvalue weighted by Crippen LogP contribution is 2.19. The smallest absolute Gasteiger partial charge is 0.253 e. The maximum atomic E-state index is 12.1. The van der Waals surface area contributed by atoms with Crippen LogP contribution in [0.15, 0.2) is 18.3 Å². The Hall–Kier alpha value is -1.62. The topological polar surface area (TPSA) is 60.5 Å². The second kappa shape index (κ2) is 6.89. The molecule has 0 unspecified atom stereocenters. The molecule has 5 nitrogen and oxygen atoms in total. The van der Waals surface area contributed by atoms with Gasteiger partial charge >= 0.3 is 0 Å². The number of pyridine rings is 1. The highest BCUT2D eigenvalue weighted by molar-refractivity contribution is 5.94. The Bertz CT molecular complexity index is 463. The molecule has 1 aliphatic carbocycles. The lowest BCUT2D eigenvalue weighted by Gasteiger charge is -2.22. The summed E-state index contributed by atoms with van der Waals surface area (Å²) >= 11 is 0. The van der Waals surface area contributed by atoms with E-state index in [-0.39, 0.29) is 12.0 Å². The van der Waals surface area contributed by atoms with E-state index in [4.69, 9.17) is 9.47 Å².